The van der Waals surface area contributed by atoms with Crippen LogP contribution in [0.3, 0.4) is 0 Å². The van der Waals surface area contributed by atoms with Crippen molar-refractivity contribution in [2.45, 2.75) is 11.6 Å². The first-order chi connectivity index (χ1) is 11.5. The average Bonchev–Trinajstić information content (AvgIpc) is 2.52. The highest BCUT2D eigenvalue weighted by Crippen LogP contribution is 2.32. The summed E-state index contributed by atoms with van der Waals surface area (Å²) >= 11 is 0. The van der Waals surface area contributed by atoms with Crippen LogP contribution >= 0.6 is 0 Å². The Morgan fingerprint density at radius 3 is 2.36 bits per heavy atom. The number of hydrogen-bond donors (Lipinski definition) is 2. The van der Waals surface area contributed by atoms with Crippen molar-refractivity contribution in [2.24, 2.45) is 0 Å². The third kappa shape index (κ3) is 4.48. The van der Waals surface area contributed by atoms with E-state index in [2.05, 4.69) is 0 Å². The largest absolute Gasteiger partial charge is 0.473 e. The molecule has 2 amide bonds. The van der Waals surface area contributed by atoms with Crippen LogP contribution < -0.4 is 10.1 Å². The molecule has 0 aromatic heterocycles. The first-order valence-corrected chi connectivity index (χ1v) is 8.03. The zero-order chi connectivity index (χ0) is 18.8. The summed E-state index contributed by atoms with van der Waals surface area (Å²) in [7, 11) is -5.21. The summed E-state index contributed by atoms with van der Waals surface area (Å²) in [4.78, 5) is 22.7. The van der Waals surface area contributed by atoms with E-state index >= 15 is 0 Å². The monoisotopic (exact) mass is 380 g/mol. The Kier molecular flexibility index (Phi) is 5.04. The molecule has 1 aliphatic rings. The minimum absolute atomic E-state index is 0.164. The summed E-state index contributed by atoms with van der Waals surface area (Å²) in [5.74, 6) is 0.164. The number of nitrogens with zero attached hydrogens (tertiary/aromatic N) is 1. The van der Waals surface area contributed by atoms with E-state index in [1.165, 1.54) is 24.3 Å². The molecule has 1 unspecified atom stereocenters. The van der Waals surface area contributed by atoms with Gasteiger partial charge in [0.25, 0.3) is 10.1 Å². The quantitative estimate of drug-likeness (QED) is 0.592. The number of nitrogens with one attached hydrogen (secondary N) is 1. The van der Waals surface area contributed by atoms with Gasteiger partial charge in [-0.25, -0.2) is 4.79 Å². The minimum atomic E-state index is -5.21. The fourth-order valence-electron chi connectivity index (χ4n) is 1.91. The van der Waals surface area contributed by atoms with Crippen LogP contribution in [0.25, 0.3) is 0 Å². The van der Waals surface area contributed by atoms with Gasteiger partial charge in [-0.05, 0) is 24.3 Å². The van der Waals surface area contributed by atoms with Crippen LogP contribution in [-0.2, 0) is 10.1 Å². The molecule has 8 nitrogen and oxygen atoms in total. The summed E-state index contributed by atoms with van der Waals surface area (Å²) in [6.07, 6.45) is -4.29. The molecule has 12 heteroatoms. The summed E-state index contributed by atoms with van der Waals surface area (Å²) in [5.41, 5.74) is -1.33. The van der Waals surface area contributed by atoms with Gasteiger partial charge in [0, 0.05) is 11.8 Å². The van der Waals surface area contributed by atoms with Gasteiger partial charge in [0.05, 0.1) is 5.57 Å². The van der Waals surface area contributed by atoms with Crippen molar-refractivity contribution >= 4 is 22.4 Å². The molecule has 1 aromatic carbocycles. The van der Waals surface area contributed by atoms with E-state index < -0.39 is 40.0 Å². The van der Waals surface area contributed by atoms with Gasteiger partial charge in [-0.2, -0.15) is 21.6 Å². The molecule has 0 saturated carbocycles. The normalized spacial score (nSPS) is 18.4. The summed E-state index contributed by atoms with van der Waals surface area (Å²) in [5, 5.41) is -1.07. The Labute approximate surface area is 139 Å². The molecule has 1 atom stereocenters. The van der Waals surface area contributed by atoms with Crippen LogP contribution in [0, 0.1) is 0 Å². The first-order valence-electron chi connectivity index (χ1n) is 6.53. The van der Waals surface area contributed by atoms with Gasteiger partial charge < -0.3 is 10.1 Å². The first kappa shape index (κ1) is 18.7. The van der Waals surface area contributed by atoms with Gasteiger partial charge in [-0.15, -0.1) is 0 Å². The van der Waals surface area contributed by atoms with Crippen LogP contribution in [0.2, 0.25) is 0 Å². The second-order valence-corrected chi connectivity index (χ2v) is 6.36. The maximum absolute atomic E-state index is 13.0. The van der Waals surface area contributed by atoms with Gasteiger partial charge in [0.15, 0.2) is 12.1 Å². The lowest BCUT2D eigenvalue weighted by Crippen LogP contribution is -2.54. The summed E-state index contributed by atoms with van der Waals surface area (Å²) < 4.78 is 75.0. The summed E-state index contributed by atoms with van der Waals surface area (Å²) in [6, 6.07) is 4.30. The Morgan fingerprint density at radius 2 is 1.88 bits per heavy atom. The molecule has 0 saturated heterocycles. The number of alkyl halides is 3. The number of carbonyl (C=O) groups is 2. The molecule has 1 aliphatic heterocycles. The van der Waals surface area contributed by atoms with Crippen LogP contribution in [0.15, 0.2) is 36.0 Å². The molecule has 2 N–H and O–H groups in total. The van der Waals surface area contributed by atoms with Crippen molar-refractivity contribution in [1.82, 2.24) is 10.2 Å². The Bertz CT molecular complexity index is 804. The fraction of sp³-hybridized carbons (Fsp3) is 0.231. The van der Waals surface area contributed by atoms with Gasteiger partial charge >= 0.3 is 12.2 Å². The third-order valence-corrected chi connectivity index (χ3v) is 4.07. The van der Waals surface area contributed by atoms with Crippen molar-refractivity contribution in [3.8, 4) is 5.75 Å². The van der Waals surface area contributed by atoms with Crippen molar-refractivity contribution in [2.75, 3.05) is 6.73 Å². The van der Waals surface area contributed by atoms with Gasteiger partial charge in [0.1, 0.15) is 12.0 Å². The maximum atomic E-state index is 13.0. The van der Waals surface area contributed by atoms with Crippen molar-refractivity contribution < 1.29 is 40.5 Å². The van der Waals surface area contributed by atoms with Crippen molar-refractivity contribution in [3.05, 3.63) is 41.6 Å². The molecule has 136 valence electrons. The summed E-state index contributed by atoms with van der Waals surface area (Å²) in [6.45, 7) is -0.663. The van der Waals surface area contributed by atoms with Gasteiger partial charge in [0.2, 0.25) is 0 Å². The van der Waals surface area contributed by atoms with E-state index in [0.29, 0.717) is 16.7 Å². The predicted octanol–water partition coefficient (Wildman–Crippen LogP) is 1.52. The standard InChI is InChI=1S/C13H11F3N2O6S/c14-13(15,16)10-5-18(12(20)17-11(10)25(21,22)23)7-24-9-3-1-8(6-19)2-4-9/h1-6,11H,7H2,(H,17,20)(H,21,22,23). The number of halogens is 3. The molecule has 25 heavy (non-hydrogen) atoms. The fourth-order valence-corrected chi connectivity index (χ4v) is 2.67. The van der Waals surface area contributed by atoms with E-state index in [1.54, 1.807) is 5.32 Å². The van der Waals surface area contributed by atoms with Gasteiger partial charge in [-0.3, -0.25) is 14.2 Å². The van der Waals surface area contributed by atoms with Crippen LogP contribution in [0.1, 0.15) is 10.4 Å². The van der Waals surface area contributed by atoms with E-state index in [9.17, 15) is 31.2 Å². The number of rotatable bonds is 5. The molecule has 0 aliphatic carbocycles. The molecule has 1 heterocycles. The van der Waals surface area contributed by atoms with E-state index in [4.69, 9.17) is 9.29 Å². The second-order valence-electron chi connectivity index (χ2n) is 4.86. The zero-order valence-corrected chi connectivity index (χ0v) is 13.0. The lowest BCUT2D eigenvalue weighted by atomic mass is 10.2. The maximum Gasteiger partial charge on any atom is 0.417 e. The van der Waals surface area contributed by atoms with E-state index in [1.807, 2.05) is 0 Å². The van der Waals surface area contributed by atoms with E-state index in [-0.39, 0.29) is 11.9 Å². The van der Waals surface area contributed by atoms with Crippen LogP contribution in [0.4, 0.5) is 18.0 Å². The zero-order valence-electron chi connectivity index (χ0n) is 12.2. The van der Waals surface area contributed by atoms with Crippen molar-refractivity contribution in [1.29, 1.82) is 0 Å². The molecular weight excluding hydrogens is 369 g/mol. The molecule has 0 radical (unpaired) electrons. The van der Waals surface area contributed by atoms with Gasteiger partial charge in [-0.1, -0.05) is 0 Å². The number of carbonyl (C=O) groups excluding carboxylic acids is 2. The molecular formula is C13H11F3N2O6S. The molecule has 0 fully saturated rings. The average molecular weight is 380 g/mol. The van der Waals surface area contributed by atoms with Crippen molar-refractivity contribution in [3.63, 3.8) is 0 Å². The van der Waals surface area contributed by atoms with Crippen LogP contribution in [0.5, 0.6) is 5.75 Å². The van der Waals surface area contributed by atoms with E-state index in [0.717, 1.165) is 0 Å². The lowest BCUT2D eigenvalue weighted by molar-refractivity contribution is -0.0962. The highest BCUT2D eigenvalue weighted by atomic mass is 32.2. The van der Waals surface area contributed by atoms with Crippen LogP contribution in [-0.4, -0.2) is 48.5 Å². The second kappa shape index (κ2) is 6.72. The Hall–Kier alpha value is -2.60. The highest BCUT2D eigenvalue weighted by molar-refractivity contribution is 7.86. The SMILES string of the molecule is O=Cc1ccc(OCN2C=C(C(F)(F)F)C(S(=O)(=O)O)NC2=O)cc1. The number of hydrogen-bond acceptors (Lipinski definition) is 5. The highest BCUT2D eigenvalue weighted by Gasteiger charge is 2.48. The number of benzene rings is 1. The predicted molar refractivity (Wildman–Crippen MR) is 77.2 cm³/mol. The molecule has 0 bridgehead atoms. The molecule has 2 rings (SSSR count). The smallest absolute Gasteiger partial charge is 0.417 e. The lowest BCUT2D eigenvalue weighted by Gasteiger charge is -2.31. The molecule has 1 aromatic rings. The molecule has 0 spiro atoms. The topological polar surface area (TPSA) is 113 Å². The number of urea groups is 1. The Morgan fingerprint density at radius 1 is 1.28 bits per heavy atom. The minimum Gasteiger partial charge on any atom is -0.473 e. The third-order valence-electron chi connectivity index (χ3n) is 3.10. The Balaban J connectivity index is 2.22. The number of ether oxygens (including phenoxy) is 1. The number of amides is 2. The number of aldehydes is 1.